The summed E-state index contributed by atoms with van der Waals surface area (Å²) in [5.74, 6) is 0.991. The first kappa shape index (κ1) is 12.0. The van der Waals surface area contributed by atoms with Gasteiger partial charge in [0.25, 0.3) is 0 Å². The highest BCUT2D eigenvalue weighted by Crippen LogP contribution is 2.16. The fraction of sp³-hybridized carbons (Fsp3) is 0.333. The molecule has 71 valence electrons. The summed E-state index contributed by atoms with van der Waals surface area (Å²) in [6.45, 7) is 2.12. The van der Waals surface area contributed by atoms with Crippen LogP contribution in [0.5, 0.6) is 5.75 Å². The standard InChI is InChI=1S/C9H12O.BH2O2/c1-3-8-6-4-5-7-9(8)10-2;2-1-3/h4-7H,3H2,1-2H3;2-3H. The van der Waals surface area contributed by atoms with E-state index >= 15 is 0 Å². The molecule has 4 heteroatoms. The third kappa shape index (κ3) is 4.55. The predicted octanol–water partition coefficient (Wildman–Crippen LogP) is 0.763. The Kier molecular flexibility index (Phi) is 7.06. The highest BCUT2D eigenvalue weighted by Gasteiger charge is 1.95. The number of hydrogen-bond acceptors (Lipinski definition) is 3. The number of aryl methyl sites for hydroxylation is 1. The van der Waals surface area contributed by atoms with Gasteiger partial charge in [0.1, 0.15) is 5.75 Å². The molecule has 13 heavy (non-hydrogen) atoms. The Hall–Kier alpha value is -0.995. The van der Waals surface area contributed by atoms with Crippen molar-refractivity contribution in [3.05, 3.63) is 29.8 Å². The molecule has 0 spiro atoms. The van der Waals surface area contributed by atoms with Crippen LogP contribution < -0.4 is 4.74 Å². The zero-order valence-electron chi connectivity index (χ0n) is 7.90. The van der Waals surface area contributed by atoms with Gasteiger partial charge in [-0.3, -0.25) is 0 Å². The summed E-state index contributed by atoms with van der Waals surface area (Å²) in [6.07, 6.45) is 1.03. The van der Waals surface area contributed by atoms with Gasteiger partial charge in [-0.2, -0.15) is 0 Å². The van der Waals surface area contributed by atoms with Crippen molar-refractivity contribution in [3.8, 4) is 5.75 Å². The van der Waals surface area contributed by atoms with E-state index in [4.69, 9.17) is 14.8 Å². The van der Waals surface area contributed by atoms with Crippen molar-refractivity contribution in [3.63, 3.8) is 0 Å². The lowest BCUT2D eigenvalue weighted by Gasteiger charge is -2.03. The van der Waals surface area contributed by atoms with Crippen molar-refractivity contribution in [1.29, 1.82) is 0 Å². The predicted molar refractivity (Wildman–Crippen MR) is 52.6 cm³/mol. The average Bonchev–Trinajstić information content (AvgIpc) is 2.19. The van der Waals surface area contributed by atoms with Gasteiger partial charge < -0.3 is 14.8 Å². The Morgan fingerprint density at radius 1 is 1.31 bits per heavy atom. The molecule has 0 atom stereocenters. The SMILES string of the molecule is CCc1ccccc1OC.O[B]O. The number of hydrogen-bond donors (Lipinski definition) is 2. The van der Waals surface area contributed by atoms with Gasteiger partial charge in [-0.15, -0.1) is 0 Å². The van der Waals surface area contributed by atoms with Crippen LogP contribution in [0.4, 0.5) is 0 Å². The number of methoxy groups -OCH3 is 1. The molecule has 0 aliphatic carbocycles. The van der Waals surface area contributed by atoms with E-state index in [1.807, 2.05) is 18.2 Å². The lowest BCUT2D eigenvalue weighted by atomic mass is 10.1. The van der Waals surface area contributed by atoms with E-state index in [1.54, 1.807) is 7.11 Å². The maximum absolute atomic E-state index is 7.00. The molecule has 2 N–H and O–H groups in total. The Bertz CT molecular complexity index is 205. The second-order valence-corrected chi connectivity index (χ2v) is 2.28. The fourth-order valence-electron chi connectivity index (χ4n) is 0.995. The molecule has 0 aliphatic rings. The molecular formula is C9H14BO3. The van der Waals surface area contributed by atoms with E-state index in [2.05, 4.69) is 13.0 Å². The van der Waals surface area contributed by atoms with Gasteiger partial charge in [0, 0.05) is 0 Å². The van der Waals surface area contributed by atoms with Crippen LogP contribution in [0.3, 0.4) is 0 Å². The molecule has 1 aromatic rings. The second kappa shape index (κ2) is 7.64. The lowest BCUT2D eigenvalue weighted by Crippen LogP contribution is -1.88. The van der Waals surface area contributed by atoms with Gasteiger partial charge in [0.15, 0.2) is 0 Å². The normalized spacial score (nSPS) is 8.31. The van der Waals surface area contributed by atoms with Crippen LogP contribution in [0.1, 0.15) is 12.5 Å². The topological polar surface area (TPSA) is 49.7 Å². The summed E-state index contributed by atoms with van der Waals surface area (Å²) in [5, 5.41) is 14.0. The van der Waals surface area contributed by atoms with Gasteiger partial charge in [0.2, 0.25) is 0 Å². The molecule has 0 saturated heterocycles. The largest absolute Gasteiger partial charge is 0.496 e. The molecule has 0 amide bonds. The zero-order chi connectivity index (χ0) is 10.1. The van der Waals surface area contributed by atoms with E-state index in [-0.39, 0.29) is 7.69 Å². The van der Waals surface area contributed by atoms with Crippen LogP contribution in [-0.2, 0) is 6.42 Å². The van der Waals surface area contributed by atoms with Crippen LogP contribution in [0.25, 0.3) is 0 Å². The first-order valence-electron chi connectivity index (χ1n) is 4.02. The van der Waals surface area contributed by atoms with Crippen LogP contribution in [0.15, 0.2) is 24.3 Å². The highest BCUT2D eigenvalue weighted by atomic mass is 16.5. The maximum atomic E-state index is 7.00. The second-order valence-electron chi connectivity index (χ2n) is 2.28. The fourth-order valence-corrected chi connectivity index (χ4v) is 0.995. The van der Waals surface area contributed by atoms with Crippen LogP contribution in [-0.4, -0.2) is 24.8 Å². The Balaban J connectivity index is 0.000000424. The molecule has 0 fully saturated rings. The molecule has 0 aliphatic heterocycles. The van der Waals surface area contributed by atoms with Gasteiger partial charge in [0.05, 0.1) is 7.11 Å². The van der Waals surface area contributed by atoms with E-state index in [0.29, 0.717) is 0 Å². The van der Waals surface area contributed by atoms with Crippen molar-refractivity contribution in [1.82, 2.24) is 0 Å². The minimum atomic E-state index is 0. The third-order valence-corrected chi connectivity index (χ3v) is 1.57. The molecular weight excluding hydrogens is 167 g/mol. The number of benzene rings is 1. The lowest BCUT2D eigenvalue weighted by molar-refractivity contribution is 0.410. The summed E-state index contributed by atoms with van der Waals surface area (Å²) in [5.41, 5.74) is 1.27. The first-order valence-corrected chi connectivity index (χ1v) is 4.02. The minimum absolute atomic E-state index is 0. The molecule has 0 heterocycles. The molecule has 1 aromatic carbocycles. The summed E-state index contributed by atoms with van der Waals surface area (Å²) in [6, 6.07) is 8.08. The van der Waals surface area contributed by atoms with Gasteiger partial charge in [-0.05, 0) is 18.1 Å². The average molecular weight is 181 g/mol. The van der Waals surface area contributed by atoms with E-state index in [9.17, 15) is 0 Å². The molecule has 0 aromatic heterocycles. The highest BCUT2D eigenvalue weighted by molar-refractivity contribution is 6.13. The summed E-state index contributed by atoms with van der Waals surface area (Å²) in [7, 11) is 1.70. The Morgan fingerprint density at radius 2 is 1.85 bits per heavy atom. The zero-order valence-corrected chi connectivity index (χ0v) is 7.90. The van der Waals surface area contributed by atoms with Crippen molar-refractivity contribution >= 4 is 7.69 Å². The molecule has 0 saturated carbocycles. The smallest absolute Gasteiger partial charge is 0.482 e. The van der Waals surface area contributed by atoms with Gasteiger partial charge in [-0.25, -0.2) is 0 Å². The summed E-state index contributed by atoms with van der Waals surface area (Å²) in [4.78, 5) is 0. The third-order valence-electron chi connectivity index (χ3n) is 1.57. The van der Waals surface area contributed by atoms with Gasteiger partial charge >= 0.3 is 7.69 Å². The first-order chi connectivity index (χ1) is 6.29. The van der Waals surface area contributed by atoms with Crippen molar-refractivity contribution in [2.45, 2.75) is 13.3 Å². The van der Waals surface area contributed by atoms with Crippen molar-refractivity contribution in [2.24, 2.45) is 0 Å². The van der Waals surface area contributed by atoms with E-state index < -0.39 is 0 Å². The Labute approximate surface area is 79.3 Å². The Morgan fingerprint density at radius 3 is 2.23 bits per heavy atom. The quantitative estimate of drug-likeness (QED) is 0.662. The number of rotatable bonds is 2. The molecule has 3 nitrogen and oxygen atoms in total. The van der Waals surface area contributed by atoms with Crippen LogP contribution >= 0.6 is 0 Å². The molecule has 0 bridgehead atoms. The number of ether oxygens (including phenoxy) is 1. The maximum Gasteiger partial charge on any atom is 0.482 e. The monoisotopic (exact) mass is 181 g/mol. The van der Waals surface area contributed by atoms with Crippen LogP contribution in [0, 0.1) is 0 Å². The van der Waals surface area contributed by atoms with Gasteiger partial charge in [-0.1, -0.05) is 25.1 Å². The van der Waals surface area contributed by atoms with Crippen molar-refractivity contribution < 1.29 is 14.8 Å². The molecule has 0 unspecified atom stereocenters. The van der Waals surface area contributed by atoms with E-state index in [1.165, 1.54) is 5.56 Å². The minimum Gasteiger partial charge on any atom is -0.496 e. The molecule has 1 radical (unpaired) electrons. The van der Waals surface area contributed by atoms with Crippen molar-refractivity contribution in [2.75, 3.05) is 7.11 Å². The van der Waals surface area contributed by atoms with Crippen LogP contribution in [0.2, 0.25) is 0 Å². The number of para-hydroxylation sites is 1. The summed E-state index contributed by atoms with van der Waals surface area (Å²) >= 11 is 0. The van der Waals surface area contributed by atoms with E-state index in [0.717, 1.165) is 12.2 Å². The molecule has 1 rings (SSSR count). The summed E-state index contributed by atoms with van der Waals surface area (Å²) < 4.78 is 5.14.